The topological polar surface area (TPSA) is 41.1 Å². The molecule has 0 aliphatic carbocycles. The lowest BCUT2D eigenvalue weighted by atomic mass is 10.0. The van der Waals surface area contributed by atoms with E-state index in [1.807, 2.05) is 0 Å². The standard InChI is InChI=1S/C14H19FN2O/c1-2-3-4-7-16-13-9-12-10(8-11(13)15)5-6-14(18)17-12/h8-9,16H,2-7H2,1H3,(H,17,18). The molecule has 2 rings (SSSR count). The molecule has 1 aromatic carbocycles. The lowest BCUT2D eigenvalue weighted by Crippen LogP contribution is -2.19. The van der Waals surface area contributed by atoms with Crippen LogP contribution in [0, 0.1) is 5.82 Å². The summed E-state index contributed by atoms with van der Waals surface area (Å²) in [5, 5.41) is 5.87. The van der Waals surface area contributed by atoms with Gasteiger partial charge in [-0.25, -0.2) is 4.39 Å². The van der Waals surface area contributed by atoms with Crippen molar-refractivity contribution in [2.75, 3.05) is 17.2 Å². The summed E-state index contributed by atoms with van der Waals surface area (Å²) >= 11 is 0. The molecule has 0 bridgehead atoms. The van der Waals surface area contributed by atoms with E-state index in [-0.39, 0.29) is 11.7 Å². The zero-order valence-electron chi connectivity index (χ0n) is 10.7. The van der Waals surface area contributed by atoms with E-state index in [1.165, 1.54) is 6.07 Å². The highest BCUT2D eigenvalue weighted by atomic mass is 19.1. The van der Waals surface area contributed by atoms with Crippen LogP contribution in [0.1, 0.15) is 38.2 Å². The first-order chi connectivity index (χ1) is 8.70. The lowest BCUT2D eigenvalue weighted by Gasteiger charge is -2.18. The van der Waals surface area contributed by atoms with Crippen LogP contribution in [0.3, 0.4) is 0 Å². The molecular weight excluding hydrogens is 231 g/mol. The second kappa shape index (κ2) is 5.85. The van der Waals surface area contributed by atoms with E-state index in [9.17, 15) is 9.18 Å². The number of carbonyl (C=O) groups excluding carboxylic acids is 1. The monoisotopic (exact) mass is 250 g/mol. The van der Waals surface area contributed by atoms with Gasteiger partial charge in [-0.2, -0.15) is 0 Å². The number of aryl methyl sites for hydroxylation is 1. The third-order valence-corrected chi connectivity index (χ3v) is 3.18. The van der Waals surface area contributed by atoms with Crippen LogP contribution in [0.15, 0.2) is 12.1 Å². The van der Waals surface area contributed by atoms with E-state index in [2.05, 4.69) is 17.6 Å². The van der Waals surface area contributed by atoms with Gasteiger partial charge in [-0.05, 0) is 30.5 Å². The Morgan fingerprint density at radius 1 is 1.33 bits per heavy atom. The zero-order valence-corrected chi connectivity index (χ0v) is 10.7. The molecule has 0 spiro atoms. The third kappa shape index (κ3) is 3.00. The summed E-state index contributed by atoms with van der Waals surface area (Å²) in [5.74, 6) is -0.229. The zero-order chi connectivity index (χ0) is 13.0. The maximum Gasteiger partial charge on any atom is 0.224 e. The molecule has 2 N–H and O–H groups in total. The minimum atomic E-state index is -0.235. The van der Waals surface area contributed by atoms with Crippen molar-refractivity contribution in [2.45, 2.75) is 39.0 Å². The third-order valence-electron chi connectivity index (χ3n) is 3.18. The Balaban J connectivity index is 2.06. The average Bonchev–Trinajstić information content (AvgIpc) is 2.35. The number of amides is 1. The van der Waals surface area contributed by atoms with Crippen molar-refractivity contribution in [2.24, 2.45) is 0 Å². The summed E-state index contributed by atoms with van der Waals surface area (Å²) in [6.45, 7) is 2.90. The molecule has 0 saturated heterocycles. The summed E-state index contributed by atoms with van der Waals surface area (Å²) in [4.78, 5) is 11.3. The fourth-order valence-electron chi connectivity index (χ4n) is 2.13. The number of benzene rings is 1. The Kier molecular flexibility index (Phi) is 4.18. The van der Waals surface area contributed by atoms with Crippen molar-refractivity contribution in [1.82, 2.24) is 0 Å². The summed E-state index contributed by atoms with van der Waals surface area (Å²) < 4.78 is 13.8. The second-order valence-electron chi connectivity index (χ2n) is 4.67. The normalized spacial score (nSPS) is 14.0. The van der Waals surface area contributed by atoms with Crippen molar-refractivity contribution >= 4 is 17.3 Å². The summed E-state index contributed by atoms with van der Waals surface area (Å²) in [6, 6.07) is 3.23. The number of halogens is 1. The van der Waals surface area contributed by atoms with E-state index >= 15 is 0 Å². The van der Waals surface area contributed by atoms with Crippen LogP contribution in [-0.4, -0.2) is 12.5 Å². The van der Waals surface area contributed by atoms with Crippen molar-refractivity contribution < 1.29 is 9.18 Å². The highest BCUT2D eigenvalue weighted by Crippen LogP contribution is 2.28. The fraction of sp³-hybridized carbons (Fsp3) is 0.500. The Morgan fingerprint density at radius 2 is 2.17 bits per heavy atom. The fourth-order valence-corrected chi connectivity index (χ4v) is 2.13. The second-order valence-corrected chi connectivity index (χ2v) is 4.67. The SMILES string of the molecule is CCCCCNc1cc2c(cc1F)CCC(=O)N2. The van der Waals surface area contributed by atoms with Crippen molar-refractivity contribution in [3.8, 4) is 0 Å². The molecule has 1 aliphatic heterocycles. The van der Waals surface area contributed by atoms with E-state index < -0.39 is 0 Å². The van der Waals surface area contributed by atoms with Crippen LogP contribution in [0.25, 0.3) is 0 Å². The summed E-state index contributed by atoms with van der Waals surface area (Å²) in [5.41, 5.74) is 2.10. The van der Waals surface area contributed by atoms with Crippen LogP contribution in [0.2, 0.25) is 0 Å². The van der Waals surface area contributed by atoms with E-state index in [0.29, 0.717) is 18.5 Å². The number of rotatable bonds is 5. The Bertz CT molecular complexity index is 446. The molecule has 0 unspecified atom stereocenters. The number of carbonyl (C=O) groups is 1. The van der Waals surface area contributed by atoms with Gasteiger partial charge in [0.15, 0.2) is 0 Å². The number of hydrogen-bond acceptors (Lipinski definition) is 2. The molecule has 0 radical (unpaired) electrons. The van der Waals surface area contributed by atoms with Crippen LogP contribution in [0.4, 0.5) is 15.8 Å². The van der Waals surface area contributed by atoms with Gasteiger partial charge in [-0.3, -0.25) is 4.79 Å². The molecule has 0 atom stereocenters. The first-order valence-corrected chi connectivity index (χ1v) is 6.57. The van der Waals surface area contributed by atoms with Gasteiger partial charge in [-0.15, -0.1) is 0 Å². The smallest absolute Gasteiger partial charge is 0.224 e. The number of fused-ring (bicyclic) bond motifs is 1. The van der Waals surface area contributed by atoms with Crippen LogP contribution < -0.4 is 10.6 Å². The minimum Gasteiger partial charge on any atom is -0.383 e. The van der Waals surface area contributed by atoms with Gasteiger partial charge < -0.3 is 10.6 Å². The molecule has 4 heteroatoms. The maximum atomic E-state index is 13.8. The summed E-state index contributed by atoms with van der Waals surface area (Å²) in [7, 11) is 0. The number of anilines is 2. The molecular formula is C14H19FN2O. The predicted molar refractivity (Wildman–Crippen MR) is 71.4 cm³/mol. The Hall–Kier alpha value is -1.58. The van der Waals surface area contributed by atoms with E-state index in [0.717, 1.165) is 37.1 Å². The van der Waals surface area contributed by atoms with Gasteiger partial charge in [-0.1, -0.05) is 19.8 Å². The van der Waals surface area contributed by atoms with E-state index in [1.54, 1.807) is 6.07 Å². The van der Waals surface area contributed by atoms with Gasteiger partial charge >= 0.3 is 0 Å². The summed E-state index contributed by atoms with van der Waals surface area (Å²) in [6.07, 6.45) is 4.37. The first-order valence-electron chi connectivity index (χ1n) is 6.57. The molecule has 0 saturated carbocycles. The molecule has 1 aliphatic rings. The van der Waals surface area contributed by atoms with E-state index in [4.69, 9.17) is 0 Å². The molecule has 0 aromatic heterocycles. The van der Waals surface area contributed by atoms with Crippen molar-refractivity contribution in [1.29, 1.82) is 0 Å². The van der Waals surface area contributed by atoms with Crippen molar-refractivity contribution in [3.05, 3.63) is 23.5 Å². The lowest BCUT2D eigenvalue weighted by molar-refractivity contribution is -0.116. The average molecular weight is 250 g/mol. The highest BCUT2D eigenvalue weighted by Gasteiger charge is 2.17. The number of nitrogens with one attached hydrogen (secondary N) is 2. The highest BCUT2D eigenvalue weighted by molar-refractivity contribution is 5.94. The van der Waals surface area contributed by atoms with Crippen molar-refractivity contribution in [3.63, 3.8) is 0 Å². The molecule has 1 amide bonds. The largest absolute Gasteiger partial charge is 0.383 e. The molecule has 98 valence electrons. The Morgan fingerprint density at radius 3 is 2.94 bits per heavy atom. The molecule has 3 nitrogen and oxygen atoms in total. The molecule has 18 heavy (non-hydrogen) atoms. The van der Waals surface area contributed by atoms with Gasteiger partial charge in [0.05, 0.1) is 5.69 Å². The molecule has 0 fully saturated rings. The van der Waals surface area contributed by atoms with Crippen LogP contribution >= 0.6 is 0 Å². The predicted octanol–water partition coefficient (Wildman–Crippen LogP) is 3.31. The van der Waals surface area contributed by atoms with Crippen LogP contribution in [-0.2, 0) is 11.2 Å². The van der Waals surface area contributed by atoms with Gasteiger partial charge in [0.25, 0.3) is 0 Å². The molecule has 1 aromatic rings. The van der Waals surface area contributed by atoms with Gasteiger partial charge in [0.1, 0.15) is 5.82 Å². The van der Waals surface area contributed by atoms with Gasteiger partial charge in [0.2, 0.25) is 5.91 Å². The maximum absolute atomic E-state index is 13.8. The minimum absolute atomic E-state index is 0.00559. The first kappa shape index (κ1) is 12.9. The van der Waals surface area contributed by atoms with Gasteiger partial charge in [0, 0.05) is 18.7 Å². The molecule has 1 heterocycles. The Labute approximate surface area is 107 Å². The van der Waals surface area contributed by atoms with Crippen LogP contribution in [0.5, 0.6) is 0 Å². The number of hydrogen-bond donors (Lipinski definition) is 2. The number of unbranched alkanes of at least 4 members (excludes halogenated alkanes) is 2. The quantitative estimate of drug-likeness (QED) is 0.787.